The van der Waals surface area contributed by atoms with Crippen LogP contribution in [-0.2, 0) is 24.0 Å². The Morgan fingerprint density at radius 3 is 2.36 bits per heavy atom. The second-order valence-corrected chi connectivity index (χ2v) is 12.3. The molecule has 0 aliphatic rings. The second kappa shape index (κ2) is 18.8. The van der Waals surface area contributed by atoms with Gasteiger partial charge in [0.2, 0.25) is 17.7 Å². The SMILES string of the molecule is Cc1ccc(F)c(NC(=O)Nc2ccc(-c3cccc4[nH]nc(NC(=O)CCCCCNC(=O)C[C@H](N)C(=O)N[C@@H](CCC(=O)O)C(=O)O)c34)cc2)c1. The summed E-state index contributed by atoms with van der Waals surface area (Å²) in [5.74, 6) is -4.47. The van der Waals surface area contributed by atoms with Crippen molar-refractivity contribution in [2.45, 2.75) is 64.0 Å². The summed E-state index contributed by atoms with van der Waals surface area (Å²) >= 11 is 0. The molecule has 0 spiro atoms. The van der Waals surface area contributed by atoms with Crippen LogP contribution in [0.4, 0.5) is 26.4 Å². The van der Waals surface area contributed by atoms with Crippen LogP contribution in [0.5, 0.6) is 0 Å². The molecule has 3 aromatic carbocycles. The fourth-order valence-electron chi connectivity index (χ4n) is 5.33. The number of nitrogens with zero attached hydrogens (tertiary/aromatic N) is 1. The topological polar surface area (TPSA) is 258 Å². The van der Waals surface area contributed by atoms with E-state index >= 15 is 0 Å². The molecule has 0 fully saturated rings. The number of fused-ring (bicyclic) bond motifs is 1. The van der Waals surface area contributed by atoms with E-state index in [1.165, 1.54) is 12.1 Å². The average Bonchev–Trinajstić information content (AvgIpc) is 3.52. The van der Waals surface area contributed by atoms with Crippen LogP contribution in [0.25, 0.3) is 22.0 Å². The summed E-state index contributed by atoms with van der Waals surface area (Å²) in [5.41, 5.74) is 9.38. The largest absolute Gasteiger partial charge is 0.481 e. The zero-order chi connectivity index (χ0) is 38.5. The number of aromatic nitrogens is 2. The van der Waals surface area contributed by atoms with E-state index in [9.17, 15) is 38.3 Å². The van der Waals surface area contributed by atoms with Gasteiger partial charge in [0.15, 0.2) is 5.82 Å². The number of carboxylic acids is 2. The van der Waals surface area contributed by atoms with Crippen LogP contribution >= 0.6 is 0 Å². The van der Waals surface area contributed by atoms with E-state index in [-0.39, 0.29) is 31.0 Å². The van der Waals surface area contributed by atoms with E-state index in [0.29, 0.717) is 41.7 Å². The number of nitrogens with two attached hydrogens (primary N) is 1. The van der Waals surface area contributed by atoms with E-state index in [0.717, 1.165) is 16.7 Å². The number of hydrogen-bond acceptors (Lipinski definition) is 8. The number of anilines is 3. The van der Waals surface area contributed by atoms with Crippen LogP contribution in [0.3, 0.4) is 0 Å². The van der Waals surface area contributed by atoms with Gasteiger partial charge in [0.1, 0.15) is 11.9 Å². The number of halogens is 1. The first-order valence-electron chi connectivity index (χ1n) is 16.8. The van der Waals surface area contributed by atoms with E-state index in [4.69, 9.17) is 10.8 Å². The zero-order valence-corrected chi connectivity index (χ0v) is 28.8. The van der Waals surface area contributed by atoms with Crippen molar-refractivity contribution in [2.24, 2.45) is 5.73 Å². The summed E-state index contributed by atoms with van der Waals surface area (Å²) in [5, 5.41) is 38.7. The lowest BCUT2D eigenvalue weighted by Crippen LogP contribution is -2.50. The first-order chi connectivity index (χ1) is 25.3. The molecule has 280 valence electrons. The Morgan fingerprint density at radius 2 is 1.64 bits per heavy atom. The molecule has 4 rings (SSSR count). The highest BCUT2D eigenvalue weighted by molar-refractivity contribution is 6.07. The molecule has 0 unspecified atom stereocenters. The van der Waals surface area contributed by atoms with Gasteiger partial charge in [0.25, 0.3) is 0 Å². The van der Waals surface area contributed by atoms with E-state index in [1.54, 1.807) is 37.3 Å². The number of aryl methyl sites for hydroxylation is 1. The highest BCUT2D eigenvalue weighted by atomic mass is 19.1. The third-order valence-electron chi connectivity index (χ3n) is 8.08. The van der Waals surface area contributed by atoms with Crippen molar-refractivity contribution in [1.82, 2.24) is 20.8 Å². The molecule has 1 aromatic heterocycles. The molecule has 0 aliphatic carbocycles. The summed E-state index contributed by atoms with van der Waals surface area (Å²) in [7, 11) is 0. The molecule has 1 heterocycles. The Balaban J connectivity index is 1.21. The molecule has 0 radical (unpaired) electrons. The van der Waals surface area contributed by atoms with Crippen molar-refractivity contribution >= 4 is 63.8 Å². The normalized spacial score (nSPS) is 12.0. The molecular weight excluding hydrogens is 691 g/mol. The first-order valence-corrected chi connectivity index (χ1v) is 16.8. The molecular formula is C36H41FN8O8. The average molecular weight is 733 g/mol. The third-order valence-corrected chi connectivity index (χ3v) is 8.08. The van der Waals surface area contributed by atoms with Crippen LogP contribution in [-0.4, -0.2) is 74.7 Å². The number of aromatic amines is 1. The van der Waals surface area contributed by atoms with E-state index in [1.807, 2.05) is 18.2 Å². The summed E-state index contributed by atoms with van der Waals surface area (Å²) < 4.78 is 14.0. The summed E-state index contributed by atoms with van der Waals surface area (Å²) in [6, 6.07) is 13.6. The predicted octanol–water partition coefficient (Wildman–Crippen LogP) is 4.09. The van der Waals surface area contributed by atoms with Crippen molar-refractivity contribution in [3.63, 3.8) is 0 Å². The molecule has 5 amide bonds. The molecule has 0 bridgehead atoms. The standard InChI is InChI=1S/C36H41FN8O8/c1-20-9-14-24(37)28(18-20)42-36(53)40-22-12-10-21(11-13-22)23-6-5-7-26-32(23)33(45-44-26)43-29(46)8-3-2-4-17-39-30(47)19-25(38)34(50)41-27(35(51)52)15-16-31(48)49/h5-7,9-14,18,25,27H,2-4,8,15-17,19,38H2,1H3,(H,39,47)(H,41,50)(H,48,49)(H,51,52)(H2,40,42,53)(H2,43,44,45,46)/t25-,27-/m0/s1. The van der Waals surface area contributed by atoms with Gasteiger partial charge < -0.3 is 42.5 Å². The maximum atomic E-state index is 14.0. The number of aliphatic carboxylic acids is 2. The fourth-order valence-corrected chi connectivity index (χ4v) is 5.33. The molecule has 0 saturated carbocycles. The lowest BCUT2D eigenvalue weighted by molar-refractivity contribution is -0.143. The molecule has 2 atom stereocenters. The monoisotopic (exact) mass is 732 g/mol. The van der Waals surface area contributed by atoms with Crippen LogP contribution < -0.4 is 32.3 Å². The number of benzene rings is 3. The number of amides is 5. The van der Waals surface area contributed by atoms with Gasteiger partial charge >= 0.3 is 18.0 Å². The smallest absolute Gasteiger partial charge is 0.326 e. The highest BCUT2D eigenvalue weighted by Crippen LogP contribution is 2.33. The minimum absolute atomic E-state index is 0.0697. The first kappa shape index (κ1) is 39.4. The van der Waals surface area contributed by atoms with Crippen LogP contribution in [0, 0.1) is 12.7 Å². The minimum Gasteiger partial charge on any atom is -0.481 e. The van der Waals surface area contributed by atoms with Crippen molar-refractivity contribution in [3.05, 3.63) is 72.0 Å². The zero-order valence-electron chi connectivity index (χ0n) is 28.8. The van der Waals surface area contributed by atoms with Gasteiger partial charge in [-0.25, -0.2) is 14.0 Å². The number of unbranched alkanes of at least 4 members (excludes halogenated alkanes) is 2. The third kappa shape index (κ3) is 11.9. The number of nitrogens with one attached hydrogen (secondary N) is 6. The van der Waals surface area contributed by atoms with Crippen molar-refractivity contribution in [3.8, 4) is 11.1 Å². The van der Waals surface area contributed by atoms with Gasteiger partial charge in [-0.1, -0.05) is 36.8 Å². The molecule has 53 heavy (non-hydrogen) atoms. The molecule has 4 aromatic rings. The van der Waals surface area contributed by atoms with Gasteiger partial charge in [-0.05, 0) is 73.2 Å². The molecule has 0 saturated heterocycles. The lowest BCUT2D eigenvalue weighted by atomic mass is 10.0. The predicted molar refractivity (Wildman–Crippen MR) is 194 cm³/mol. The van der Waals surface area contributed by atoms with Crippen LogP contribution in [0.15, 0.2) is 60.7 Å². The van der Waals surface area contributed by atoms with Gasteiger partial charge in [-0.15, -0.1) is 0 Å². The maximum Gasteiger partial charge on any atom is 0.326 e. The maximum absolute atomic E-state index is 14.0. The van der Waals surface area contributed by atoms with Gasteiger partial charge in [-0.3, -0.25) is 24.3 Å². The Kier molecular flexibility index (Phi) is 14.0. The quantitative estimate of drug-likeness (QED) is 0.0662. The Bertz CT molecular complexity index is 1970. The molecule has 10 N–H and O–H groups in total. The van der Waals surface area contributed by atoms with E-state index < -0.39 is 60.5 Å². The number of carbonyl (C=O) groups excluding carboxylic acids is 4. The lowest BCUT2D eigenvalue weighted by Gasteiger charge is -2.17. The van der Waals surface area contributed by atoms with Crippen LogP contribution in [0.1, 0.15) is 50.5 Å². The van der Waals surface area contributed by atoms with Gasteiger partial charge in [0.05, 0.1) is 29.1 Å². The fraction of sp³-hybridized carbons (Fsp3) is 0.306. The summed E-state index contributed by atoms with van der Waals surface area (Å²) in [6.07, 6.45) is 0.673. The molecule has 0 aliphatic heterocycles. The minimum atomic E-state index is -1.44. The Hall–Kier alpha value is -6.36. The molecule has 17 heteroatoms. The Labute approximate surface area is 303 Å². The number of hydrogen-bond donors (Lipinski definition) is 9. The van der Waals surface area contributed by atoms with Crippen molar-refractivity contribution in [1.29, 1.82) is 0 Å². The number of urea groups is 1. The number of carbonyl (C=O) groups is 6. The Morgan fingerprint density at radius 1 is 0.887 bits per heavy atom. The number of H-pyrrole nitrogens is 1. The van der Waals surface area contributed by atoms with Gasteiger partial charge in [0, 0.05) is 25.1 Å². The van der Waals surface area contributed by atoms with E-state index in [2.05, 4.69) is 36.8 Å². The van der Waals surface area contributed by atoms with Gasteiger partial charge in [-0.2, -0.15) is 5.10 Å². The molecule has 16 nitrogen and oxygen atoms in total. The van der Waals surface area contributed by atoms with Crippen molar-refractivity contribution < 1.29 is 43.4 Å². The number of carboxylic acid groups (broad SMARTS) is 2. The summed E-state index contributed by atoms with van der Waals surface area (Å²) in [6.45, 7) is 2.06. The summed E-state index contributed by atoms with van der Waals surface area (Å²) in [4.78, 5) is 71.7. The number of rotatable bonds is 18. The second-order valence-electron chi connectivity index (χ2n) is 12.3. The van der Waals surface area contributed by atoms with Crippen LogP contribution in [0.2, 0.25) is 0 Å². The highest BCUT2D eigenvalue weighted by Gasteiger charge is 2.25. The van der Waals surface area contributed by atoms with Crippen molar-refractivity contribution in [2.75, 3.05) is 22.5 Å².